The van der Waals surface area contributed by atoms with Gasteiger partial charge in [-0.25, -0.2) is 4.39 Å². The normalized spacial score (nSPS) is 19.5. The standard InChI is InChI=1S/C8H8F9I/c1-2-4(18)3-5(9,7(12,13)14)6(10,11)8(15,16)17/h4H,2-3H2,1H3/t4-,5-/m1/s1. The molecule has 0 aliphatic carbocycles. The maximum absolute atomic E-state index is 13.4. The number of hydrogen-bond donors (Lipinski definition) is 0. The Hall–Kier alpha value is 0.1000. The number of rotatable bonds is 4. The topological polar surface area (TPSA) is 0 Å². The molecule has 0 aromatic heterocycles. The van der Waals surface area contributed by atoms with Gasteiger partial charge in [0.15, 0.2) is 0 Å². The molecule has 0 aromatic carbocycles. The van der Waals surface area contributed by atoms with Crippen molar-refractivity contribution in [1.29, 1.82) is 0 Å². The van der Waals surface area contributed by atoms with E-state index in [1.807, 2.05) is 0 Å². The predicted octanol–water partition coefficient (Wildman–Crippen LogP) is 5.06. The molecule has 0 heterocycles. The van der Waals surface area contributed by atoms with Gasteiger partial charge in [0.05, 0.1) is 0 Å². The minimum absolute atomic E-state index is 0.170. The number of hydrogen-bond acceptors (Lipinski definition) is 0. The Morgan fingerprint density at radius 2 is 1.22 bits per heavy atom. The highest BCUT2D eigenvalue weighted by molar-refractivity contribution is 14.1. The van der Waals surface area contributed by atoms with Crippen LogP contribution in [0.4, 0.5) is 39.5 Å². The first-order valence-electron chi connectivity index (χ1n) is 4.55. The molecule has 0 nitrogen and oxygen atoms in total. The van der Waals surface area contributed by atoms with Gasteiger partial charge in [-0.3, -0.25) is 0 Å². The molecule has 0 aromatic rings. The van der Waals surface area contributed by atoms with Gasteiger partial charge >= 0.3 is 18.3 Å². The zero-order valence-corrected chi connectivity index (χ0v) is 10.9. The van der Waals surface area contributed by atoms with Crippen molar-refractivity contribution in [1.82, 2.24) is 0 Å². The van der Waals surface area contributed by atoms with Crippen molar-refractivity contribution >= 4 is 22.6 Å². The van der Waals surface area contributed by atoms with E-state index in [-0.39, 0.29) is 6.42 Å². The summed E-state index contributed by atoms with van der Waals surface area (Å²) in [5.41, 5.74) is -5.62. The highest BCUT2D eigenvalue weighted by Gasteiger charge is 2.80. The second kappa shape index (κ2) is 5.23. The van der Waals surface area contributed by atoms with E-state index >= 15 is 0 Å². The molecule has 2 atom stereocenters. The van der Waals surface area contributed by atoms with Crippen LogP contribution in [-0.4, -0.2) is 27.9 Å². The van der Waals surface area contributed by atoms with Crippen molar-refractivity contribution in [2.45, 2.75) is 47.6 Å². The lowest BCUT2D eigenvalue weighted by Gasteiger charge is -2.36. The Bertz CT molecular complexity index is 281. The van der Waals surface area contributed by atoms with Crippen LogP contribution in [0.25, 0.3) is 0 Å². The first-order chi connectivity index (χ1) is 7.70. The predicted molar refractivity (Wildman–Crippen MR) is 53.6 cm³/mol. The summed E-state index contributed by atoms with van der Waals surface area (Å²) in [5, 5.41) is 0. The van der Waals surface area contributed by atoms with Crippen LogP contribution in [0.3, 0.4) is 0 Å². The molecule has 0 radical (unpaired) electrons. The fourth-order valence-corrected chi connectivity index (χ4v) is 1.70. The quantitative estimate of drug-likeness (QED) is 0.351. The average Bonchev–Trinajstić information content (AvgIpc) is 2.13. The van der Waals surface area contributed by atoms with Crippen molar-refractivity contribution in [2.24, 2.45) is 0 Å². The van der Waals surface area contributed by atoms with Gasteiger partial charge in [-0.2, -0.15) is 35.1 Å². The molecule has 0 aliphatic heterocycles. The van der Waals surface area contributed by atoms with Crippen LogP contribution in [-0.2, 0) is 0 Å². The monoisotopic (exact) mass is 402 g/mol. The average molecular weight is 402 g/mol. The van der Waals surface area contributed by atoms with Gasteiger partial charge in [0, 0.05) is 10.3 Å². The van der Waals surface area contributed by atoms with Crippen LogP contribution in [0.15, 0.2) is 0 Å². The van der Waals surface area contributed by atoms with Crippen molar-refractivity contribution < 1.29 is 39.5 Å². The Morgan fingerprint density at radius 1 is 0.833 bits per heavy atom. The molecular weight excluding hydrogens is 394 g/mol. The molecule has 0 saturated heterocycles. The lowest BCUT2D eigenvalue weighted by Crippen LogP contribution is -2.62. The van der Waals surface area contributed by atoms with E-state index in [0.29, 0.717) is 0 Å². The van der Waals surface area contributed by atoms with Gasteiger partial charge in [0.1, 0.15) is 0 Å². The van der Waals surface area contributed by atoms with Crippen LogP contribution >= 0.6 is 22.6 Å². The van der Waals surface area contributed by atoms with Crippen molar-refractivity contribution in [3.63, 3.8) is 0 Å². The molecule has 0 N–H and O–H groups in total. The van der Waals surface area contributed by atoms with Crippen LogP contribution in [0, 0.1) is 0 Å². The van der Waals surface area contributed by atoms with E-state index in [1.165, 1.54) is 29.5 Å². The van der Waals surface area contributed by atoms with E-state index in [2.05, 4.69) is 0 Å². The smallest absolute Gasteiger partial charge is 0.227 e. The van der Waals surface area contributed by atoms with E-state index < -0.39 is 34.3 Å². The number of halogens is 10. The van der Waals surface area contributed by atoms with Gasteiger partial charge in [-0.1, -0.05) is 29.5 Å². The first-order valence-corrected chi connectivity index (χ1v) is 5.79. The number of alkyl halides is 10. The van der Waals surface area contributed by atoms with Gasteiger partial charge in [-0.05, 0) is 6.42 Å². The molecule has 10 heteroatoms. The summed E-state index contributed by atoms with van der Waals surface area (Å²) in [5.74, 6) is -6.49. The summed E-state index contributed by atoms with van der Waals surface area (Å²) < 4.78 is 110. The molecule has 0 aliphatic rings. The van der Waals surface area contributed by atoms with Crippen LogP contribution < -0.4 is 0 Å². The Morgan fingerprint density at radius 3 is 1.44 bits per heavy atom. The fourth-order valence-electron chi connectivity index (χ4n) is 1.10. The first kappa shape index (κ1) is 18.1. The minimum atomic E-state index is -6.61. The molecule has 0 saturated carbocycles. The molecule has 18 heavy (non-hydrogen) atoms. The summed E-state index contributed by atoms with van der Waals surface area (Å²) in [6, 6.07) is 0. The highest BCUT2D eigenvalue weighted by atomic mass is 127. The van der Waals surface area contributed by atoms with Gasteiger partial charge in [0.2, 0.25) is 0 Å². The molecule has 0 spiro atoms. The molecule has 0 unspecified atom stereocenters. The highest BCUT2D eigenvalue weighted by Crippen LogP contribution is 2.55. The zero-order valence-electron chi connectivity index (χ0n) is 8.77. The zero-order chi connectivity index (χ0) is 15.0. The SMILES string of the molecule is CC[C@@H](I)C[C@](F)(C(F)(F)F)C(F)(F)C(F)(F)F. The lowest BCUT2D eigenvalue weighted by molar-refractivity contribution is -0.384. The summed E-state index contributed by atoms with van der Waals surface area (Å²) in [6.07, 6.45) is -15.1. The van der Waals surface area contributed by atoms with Crippen molar-refractivity contribution in [2.75, 3.05) is 0 Å². The van der Waals surface area contributed by atoms with Gasteiger partial charge < -0.3 is 0 Å². The Balaban J connectivity index is 5.64. The van der Waals surface area contributed by atoms with Gasteiger partial charge in [0.25, 0.3) is 5.67 Å². The Kier molecular flexibility index (Phi) is 5.26. The van der Waals surface area contributed by atoms with E-state index in [1.54, 1.807) is 0 Å². The maximum Gasteiger partial charge on any atom is 0.457 e. The van der Waals surface area contributed by atoms with Crippen LogP contribution in [0.5, 0.6) is 0 Å². The second-order valence-corrected chi connectivity index (χ2v) is 5.34. The summed E-state index contributed by atoms with van der Waals surface area (Å²) in [4.78, 5) is 0. The van der Waals surface area contributed by atoms with Crippen LogP contribution in [0.1, 0.15) is 19.8 Å². The molecule has 0 rings (SSSR count). The molecule has 0 bridgehead atoms. The third kappa shape index (κ3) is 3.16. The molecule has 0 amide bonds. The van der Waals surface area contributed by atoms with Crippen molar-refractivity contribution in [3.8, 4) is 0 Å². The minimum Gasteiger partial charge on any atom is -0.227 e. The van der Waals surface area contributed by atoms with E-state index in [4.69, 9.17) is 0 Å². The fraction of sp³-hybridized carbons (Fsp3) is 1.00. The van der Waals surface area contributed by atoms with E-state index in [9.17, 15) is 39.5 Å². The van der Waals surface area contributed by atoms with Gasteiger partial charge in [-0.15, -0.1) is 0 Å². The van der Waals surface area contributed by atoms with Crippen molar-refractivity contribution in [3.05, 3.63) is 0 Å². The maximum atomic E-state index is 13.4. The van der Waals surface area contributed by atoms with Crippen LogP contribution in [0.2, 0.25) is 0 Å². The third-order valence-corrected chi connectivity index (χ3v) is 3.57. The third-order valence-electron chi connectivity index (χ3n) is 2.25. The lowest BCUT2D eigenvalue weighted by atomic mass is 9.90. The Labute approximate surface area is 110 Å². The summed E-state index contributed by atoms with van der Waals surface area (Å²) >= 11 is 1.20. The molecule has 0 fully saturated rings. The molecule has 110 valence electrons. The van der Waals surface area contributed by atoms with E-state index in [0.717, 1.165) is 0 Å². The largest absolute Gasteiger partial charge is 0.457 e. The summed E-state index contributed by atoms with van der Waals surface area (Å²) in [7, 11) is 0. The summed E-state index contributed by atoms with van der Waals surface area (Å²) in [6.45, 7) is 1.25. The second-order valence-electron chi connectivity index (χ2n) is 3.58. The molecular formula is C8H8F9I.